The van der Waals surface area contributed by atoms with Gasteiger partial charge in [0, 0.05) is 30.7 Å². The van der Waals surface area contributed by atoms with E-state index >= 15 is 0 Å². The molecule has 1 amide bonds. The molecule has 1 aliphatic carbocycles. The van der Waals surface area contributed by atoms with Crippen LogP contribution in [0, 0.1) is 11.9 Å². The van der Waals surface area contributed by atoms with E-state index in [-0.39, 0.29) is 38.0 Å². The van der Waals surface area contributed by atoms with Crippen molar-refractivity contribution in [3.05, 3.63) is 75.5 Å². The number of aliphatic hydroxyl groups is 1. The number of carbonyl (C=O) groups is 1. The lowest BCUT2D eigenvalue weighted by molar-refractivity contribution is -0.138. The Hall–Kier alpha value is -3.51. The lowest BCUT2D eigenvalue weighted by Gasteiger charge is -2.38. The number of hydrogen-bond acceptors (Lipinski definition) is 6. The molecule has 1 saturated heterocycles. The van der Waals surface area contributed by atoms with E-state index in [2.05, 4.69) is 35.2 Å². The summed E-state index contributed by atoms with van der Waals surface area (Å²) in [6, 6.07) is 5.77. The molecule has 0 spiro atoms. The Bertz CT molecular complexity index is 1660. The Kier molecular flexibility index (Phi) is 7.23. The van der Waals surface area contributed by atoms with Crippen molar-refractivity contribution in [3.8, 4) is 10.4 Å². The number of benzene rings is 1. The standard InChI is InChI=1S/C29H29F3N5O3S/c1-17-10-18-2-3-19(12-20(18)11-17)26-25-21(14-41-26)28(39)36(16-33-25)15-29(40)5-8-35(9-6-29)24(38)13-22(27(31)32)37-7-4-23(30)34-37/h2-4,7,12,14,16,22,27,40H,5-6,8-11,13,15H2,1H3. The van der Waals surface area contributed by atoms with Crippen molar-refractivity contribution in [3.63, 3.8) is 0 Å². The summed E-state index contributed by atoms with van der Waals surface area (Å²) in [6.45, 7) is 2.44. The molecular weight excluding hydrogens is 555 g/mol. The number of carbonyl (C=O) groups excluding carboxylic acids is 1. The largest absolute Gasteiger partial charge is 0.388 e. The van der Waals surface area contributed by atoms with Crippen molar-refractivity contribution in [2.24, 2.45) is 0 Å². The van der Waals surface area contributed by atoms with Gasteiger partial charge in [0.15, 0.2) is 0 Å². The number of amides is 1. The van der Waals surface area contributed by atoms with Gasteiger partial charge in [0.05, 0.1) is 40.7 Å². The fourth-order valence-corrected chi connectivity index (χ4v) is 6.84. The minimum absolute atomic E-state index is 0.00215. The number of likely N-dealkylation sites (tertiary alicyclic amines) is 1. The van der Waals surface area contributed by atoms with E-state index in [4.69, 9.17) is 0 Å². The van der Waals surface area contributed by atoms with E-state index in [1.165, 1.54) is 44.2 Å². The van der Waals surface area contributed by atoms with E-state index in [1.54, 1.807) is 5.38 Å². The number of piperidine rings is 1. The quantitative estimate of drug-likeness (QED) is 0.348. The van der Waals surface area contributed by atoms with Crippen molar-refractivity contribution >= 4 is 28.1 Å². The molecule has 3 aromatic heterocycles. The molecule has 1 aromatic carbocycles. The average Bonchev–Trinajstić information content (AvgIpc) is 3.66. The molecule has 1 aliphatic heterocycles. The minimum Gasteiger partial charge on any atom is -0.388 e. The van der Waals surface area contributed by atoms with Gasteiger partial charge >= 0.3 is 0 Å². The van der Waals surface area contributed by atoms with E-state index in [0.29, 0.717) is 10.9 Å². The highest BCUT2D eigenvalue weighted by molar-refractivity contribution is 7.15. The Labute approximate surface area is 238 Å². The number of thiophene rings is 1. The van der Waals surface area contributed by atoms with Gasteiger partial charge in [-0.15, -0.1) is 16.4 Å². The first-order valence-electron chi connectivity index (χ1n) is 13.5. The third-order valence-corrected chi connectivity index (χ3v) is 9.16. The number of rotatable bonds is 7. The van der Waals surface area contributed by atoms with Gasteiger partial charge in [0.1, 0.15) is 6.04 Å². The number of fused-ring (bicyclic) bond motifs is 2. The van der Waals surface area contributed by atoms with Gasteiger partial charge in [0.2, 0.25) is 11.9 Å². The van der Waals surface area contributed by atoms with Crippen LogP contribution in [0.5, 0.6) is 0 Å². The summed E-state index contributed by atoms with van der Waals surface area (Å²) in [4.78, 5) is 33.1. The first-order chi connectivity index (χ1) is 19.6. The molecule has 215 valence electrons. The van der Waals surface area contributed by atoms with Crippen molar-refractivity contribution in [1.29, 1.82) is 0 Å². The maximum Gasteiger partial charge on any atom is 0.262 e. The Morgan fingerprint density at radius 3 is 2.63 bits per heavy atom. The van der Waals surface area contributed by atoms with Gasteiger partial charge in [-0.25, -0.2) is 13.8 Å². The predicted molar refractivity (Wildman–Crippen MR) is 148 cm³/mol. The summed E-state index contributed by atoms with van der Waals surface area (Å²) in [5, 5.41) is 16.9. The van der Waals surface area contributed by atoms with Crippen molar-refractivity contribution in [1.82, 2.24) is 24.2 Å². The molecule has 12 heteroatoms. The van der Waals surface area contributed by atoms with Crippen LogP contribution in [0.15, 0.2) is 47.0 Å². The molecule has 6 rings (SSSR count). The lowest BCUT2D eigenvalue weighted by atomic mass is 9.91. The fraction of sp³-hybridized carbons (Fsp3) is 0.414. The molecule has 4 heterocycles. The van der Waals surface area contributed by atoms with Crippen LogP contribution in [0.3, 0.4) is 0 Å². The van der Waals surface area contributed by atoms with Gasteiger partial charge in [-0.2, -0.15) is 4.39 Å². The van der Waals surface area contributed by atoms with Gasteiger partial charge in [0.25, 0.3) is 12.0 Å². The number of halogens is 3. The van der Waals surface area contributed by atoms with Crippen LogP contribution < -0.4 is 5.56 Å². The zero-order valence-electron chi connectivity index (χ0n) is 22.4. The lowest BCUT2D eigenvalue weighted by Crippen LogP contribution is -2.50. The summed E-state index contributed by atoms with van der Waals surface area (Å²) in [5.41, 5.74) is 2.79. The van der Waals surface area contributed by atoms with Gasteiger partial charge in [-0.1, -0.05) is 19.1 Å². The molecule has 1 atom stereocenters. The Balaban J connectivity index is 1.13. The minimum atomic E-state index is -2.91. The second kappa shape index (κ2) is 10.7. The highest BCUT2D eigenvalue weighted by Crippen LogP contribution is 2.37. The molecule has 1 N–H and O–H groups in total. The van der Waals surface area contributed by atoms with E-state index < -0.39 is 36.3 Å². The molecule has 1 fully saturated rings. The first kappa shape index (κ1) is 27.6. The predicted octanol–water partition coefficient (Wildman–Crippen LogP) is 4.40. The Morgan fingerprint density at radius 1 is 1.17 bits per heavy atom. The molecule has 41 heavy (non-hydrogen) atoms. The normalized spacial score (nSPS) is 17.9. The van der Waals surface area contributed by atoms with Gasteiger partial charge in [-0.05, 0) is 54.4 Å². The van der Waals surface area contributed by atoms with Crippen LogP contribution >= 0.6 is 11.3 Å². The molecule has 8 nitrogen and oxygen atoms in total. The van der Waals surface area contributed by atoms with Crippen LogP contribution in [0.1, 0.15) is 43.4 Å². The van der Waals surface area contributed by atoms with Crippen molar-refractivity contribution in [2.45, 2.75) is 63.6 Å². The molecule has 0 saturated carbocycles. The molecular formula is C29H29F3N5O3S. The van der Waals surface area contributed by atoms with E-state index in [1.807, 2.05) is 0 Å². The second-order valence-corrected chi connectivity index (χ2v) is 12.0. The SMILES string of the molecule is C[C]1Cc2ccc(-c3scc4c(=O)n(CC5(O)CCN(C(=O)CC(C(F)F)n6ccc(F)n6)CC5)cnc34)cc2C1. The summed E-state index contributed by atoms with van der Waals surface area (Å²) >= 11 is 1.47. The number of hydrogen-bond donors (Lipinski definition) is 1. The topological polar surface area (TPSA) is 93.2 Å². The highest BCUT2D eigenvalue weighted by atomic mass is 32.1. The second-order valence-electron chi connectivity index (χ2n) is 11.1. The smallest absolute Gasteiger partial charge is 0.262 e. The highest BCUT2D eigenvalue weighted by Gasteiger charge is 2.36. The third kappa shape index (κ3) is 5.42. The number of aromatic nitrogens is 4. The zero-order chi connectivity index (χ0) is 28.9. The zero-order valence-corrected chi connectivity index (χ0v) is 23.2. The van der Waals surface area contributed by atoms with Crippen molar-refractivity contribution < 1.29 is 23.1 Å². The van der Waals surface area contributed by atoms with Crippen LogP contribution in [0.25, 0.3) is 21.3 Å². The van der Waals surface area contributed by atoms with Gasteiger partial charge in [-0.3, -0.25) is 18.8 Å². The summed E-state index contributed by atoms with van der Waals surface area (Å²) in [6.07, 6.45) is 1.39. The molecule has 1 radical (unpaired) electrons. The first-order valence-corrected chi connectivity index (χ1v) is 14.4. The maximum absolute atomic E-state index is 13.6. The van der Waals surface area contributed by atoms with Crippen LogP contribution in [-0.4, -0.2) is 60.4 Å². The summed E-state index contributed by atoms with van der Waals surface area (Å²) < 4.78 is 42.5. The van der Waals surface area contributed by atoms with E-state index in [0.717, 1.165) is 40.2 Å². The summed E-state index contributed by atoms with van der Waals surface area (Å²) in [7, 11) is 0. The van der Waals surface area contributed by atoms with Crippen LogP contribution in [0.2, 0.25) is 0 Å². The van der Waals surface area contributed by atoms with Crippen LogP contribution in [0.4, 0.5) is 13.2 Å². The van der Waals surface area contributed by atoms with Crippen LogP contribution in [-0.2, 0) is 24.2 Å². The molecule has 4 aromatic rings. The number of alkyl halides is 2. The fourth-order valence-electron chi connectivity index (χ4n) is 5.85. The van der Waals surface area contributed by atoms with Gasteiger partial charge < -0.3 is 10.0 Å². The Morgan fingerprint density at radius 2 is 1.93 bits per heavy atom. The van der Waals surface area contributed by atoms with E-state index in [9.17, 15) is 27.9 Å². The third-order valence-electron chi connectivity index (χ3n) is 8.14. The monoisotopic (exact) mass is 584 g/mol. The summed E-state index contributed by atoms with van der Waals surface area (Å²) in [5.74, 6) is 0.00864. The number of nitrogens with zero attached hydrogens (tertiary/aromatic N) is 5. The molecule has 1 unspecified atom stereocenters. The average molecular weight is 585 g/mol. The molecule has 0 bridgehead atoms. The van der Waals surface area contributed by atoms with Crippen molar-refractivity contribution in [2.75, 3.05) is 13.1 Å². The molecule has 2 aliphatic rings. The maximum atomic E-state index is 13.6.